The largest absolute Gasteiger partial charge is 0.335 e. The van der Waals surface area contributed by atoms with Crippen molar-refractivity contribution in [1.82, 2.24) is 15.5 Å². The summed E-state index contributed by atoms with van der Waals surface area (Å²) in [6.07, 6.45) is 3.29. The summed E-state index contributed by atoms with van der Waals surface area (Å²) < 4.78 is 0. The zero-order valence-electron chi connectivity index (χ0n) is 9.18. The van der Waals surface area contributed by atoms with Gasteiger partial charge in [-0.25, -0.2) is 4.79 Å². The van der Waals surface area contributed by atoms with Gasteiger partial charge in [0.2, 0.25) is 0 Å². The molecule has 1 heterocycles. The molecule has 14 heavy (non-hydrogen) atoms. The van der Waals surface area contributed by atoms with Gasteiger partial charge in [0.1, 0.15) is 0 Å². The highest BCUT2D eigenvalue weighted by atomic mass is 16.2. The summed E-state index contributed by atoms with van der Waals surface area (Å²) in [5.41, 5.74) is 0. The van der Waals surface area contributed by atoms with E-state index in [1.165, 1.54) is 0 Å². The monoisotopic (exact) mass is 199 g/mol. The summed E-state index contributed by atoms with van der Waals surface area (Å²) in [5.74, 6) is 0. The highest BCUT2D eigenvalue weighted by Gasteiger charge is 2.15. The van der Waals surface area contributed by atoms with Crippen LogP contribution >= 0.6 is 0 Å². The van der Waals surface area contributed by atoms with E-state index in [-0.39, 0.29) is 6.03 Å². The minimum Gasteiger partial charge on any atom is -0.335 e. The molecule has 0 radical (unpaired) electrons. The van der Waals surface area contributed by atoms with Crippen LogP contribution in [-0.4, -0.2) is 43.7 Å². The summed E-state index contributed by atoms with van der Waals surface area (Å²) in [7, 11) is 1.82. The lowest BCUT2D eigenvalue weighted by atomic mass is 10.1. The quantitative estimate of drug-likeness (QED) is 0.690. The molecule has 1 unspecified atom stereocenters. The van der Waals surface area contributed by atoms with Crippen LogP contribution in [0.1, 0.15) is 26.2 Å². The number of rotatable bonds is 2. The number of hydrogen-bond donors (Lipinski definition) is 2. The Balaban J connectivity index is 2.30. The number of nitrogens with one attached hydrogen (secondary N) is 2. The predicted octanol–water partition coefficient (Wildman–Crippen LogP) is 0.790. The SMILES string of the molecule is CCN(C)C(=O)NC1CCCNCC1. The lowest BCUT2D eigenvalue weighted by molar-refractivity contribution is 0.205. The minimum atomic E-state index is 0.0550. The van der Waals surface area contributed by atoms with Crippen LogP contribution in [0.4, 0.5) is 4.79 Å². The first-order valence-electron chi connectivity index (χ1n) is 5.46. The van der Waals surface area contributed by atoms with Crippen LogP contribution in [0, 0.1) is 0 Å². The van der Waals surface area contributed by atoms with Crippen LogP contribution in [0.3, 0.4) is 0 Å². The van der Waals surface area contributed by atoms with Gasteiger partial charge in [-0.05, 0) is 39.3 Å². The molecule has 2 N–H and O–H groups in total. The van der Waals surface area contributed by atoms with E-state index in [0.717, 1.165) is 38.9 Å². The Labute approximate surface area is 86.0 Å². The number of carbonyl (C=O) groups excluding carboxylic acids is 1. The Morgan fingerprint density at radius 3 is 3.00 bits per heavy atom. The normalized spacial score (nSPS) is 22.6. The molecule has 4 heteroatoms. The smallest absolute Gasteiger partial charge is 0.317 e. The fourth-order valence-electron chi connectivity index (χ4n) is 1.59. The van der Waals surface area contributed by atoms with E-state index < -0.39 is 0 Å². The number of carbonyl (C=O) groups is 1. The average Bonchev–Trinajstić information content (AvgIpc) is 2.45. The van der Waals surface area contributed by atoms with Gasteiger partial charge in [0, 0.05) is 19.6 Å². The molecule has 1 aliphatic rings. The fourth-order valence-corrected chi connectivity index (χ4v) is 1.59. The van der Waals surface area contributed by atoms with Crippen molar-refractivity contribution >= 4 is 6.03 Å². The molecular weight excluding hydrogens is 178 g/mol. The van der Waals surface area contributed by atoms with Crippen molar-refractivity contribution in [2.75, 3.05) is 26.7 Å². The molecule has 1 aliphatic heterocycles. The molecule has 0 aromatic rings. The van der Waals surface area contributed by atoms with Gasteiger partial charge in [-0.1, -0.05) is 0 Å². The molecule has 2 amide bonds. The number of hydrogen-bond acceptors (Lipinski definition) is 2. The van der Waals surface area contributed by atoms with Crippen molar-refractivity contribution < 1.29 is 4.79 Å². The molecule has 0 aromatic heterocycles. The van der Waals surface area contributed by atoms with Gasteiger partial charge in [-0.2, -0.15) is 0 Å². The molecule has 1 fully saturated rings. The maximum Gasteiger partial charge on any atom is 0.317 e. The molecule has 4 nitrogen and oxygen atoms in total. The third-order valence-corrected chi connectivity index (χ3v) is 2.72. The molecular formula is C10H21N3O. The number of amides is 2. The van der Waals surface area contributed by atoms with Crippen LogP contribution in [0.5, 0.6) is 0 Å². The average molecular weight is 199 g/mol. The first kappa shape index (κ1) is 11.3. The van der Waals surface area contributed by atoms with E-state index in [1.54, 1.807) is 4.90 Å². The standard InChI is InChI=1S/C10H21N3O/c1-3-13(2)10(14)12-9-5-4-7-11-8-6-9/h9,11H,3-8H2,1-2H3,(H,12,14). The van der Waals surface area contributed by atoms with Crippen LogP contribution in [0.25, 0.3) is 0 Å². The Hall–Kier alpha value is -0.770. The summed E-state index contributed by atoms with van der Waals surface area (Å²) in [4.78, 5) is 13.3. The second kappa shape index (κ2) is 5.86. The molecule has 0 spiro atoms. The molecule has 1 atom stereocenters. The third-order valence-electron chi connectivity index (χ3n) is 2.72. The van der Waals surface area contributed by atoms with Crippen molar-refractivity contribution in [2.45, 2.75) is 32.2 Å². The van der Waals surface area contributed by atoms with Crippen LogP contribution < -0.4 is 10.6 Å². The van der Waals surface area contributed by atoms with Gasteiger partial charge in [0.15, 0.2) is 0 Å². The predicted molar refractivity (Wildman–Crippen MR) is 57.3 cm³/mol. The van der Waals surface area contributed by atoms with Crippen molar-refractivity contribution in [3.8, 4) is 0 Å². The summed E-state index contributed by atoms with van der Waals surface area (Å²) >= 11 is 0. The second-order valence-electron chi connectivity index (χ2n) is 3.84. The van der Waals surface area contributed by atoms with Crippen molar-refractivity contribution in [3.05, 3.63) is 0 Å². The first-order valence-corrected chi connectivity index (χ1v) is 5.46. The van der Waals surface area contributed by atoms with E-state index in [1.807, 2.05) is 14.0 Å². The number of nitrogens with zero attached hydrogens (tertiary/aromatic N) is 1. The summed E-state index contributed by atoms with van der Waals surface area (Å²) in [5, 5.41) is 6.39. The van der Waals surface area contributed by atoms with Gasteiger partial charge < -0.3 is 15.5 Å². The van der Waals surface area contributed by atoms with Gasteiger partial charge in [-0.15, -0.1) is 0 Å². The number of urea groups is 1. The lowest BCUT2D eigenvalue weighted by Crippen LogP contribution is -2.43. The fraction of sp³-hybridized carbons (Fsp3) is 0.900. The van der Waals surface area contributed by atoms with Gasteiger partial charge in [0.25, 0.3) is 0 Å². The van der Waals surface area contributed by atoms with Crippen LogP contribution in [0.15, 0.2) is 0 Å². The Bertz CT molecular complexity index is 176. The van der Waals surface area contributed by atoms with Gasteiger partial charge in [-0.3, -0.25) is 0 Å². The molecule has 0 bridgehead atoms. The van der Waals surface area contributed by atoms with Crippen molar-refractivity contribution in [2.24, 2.45) is 0 Å². The van der Waals surface area contributed by atoms with E-state index in [9.17, 15) is 4.79 Å². The maximum absolute atomic E-state index is 11.5. The highest BCUT2D eigenvalue weighted by Crippen LogP contribution is 2.05. The molecule has 1 saturated heterocycles. The van der Waals surface area contributed by atoms with E-state index in [4.69, 9.17) is 0 Å². The summed E-state index contributed by atoms with van der Waals surface area (Å²) in [6, 6.07) is 0.408. The van der Waals surface area contributed by atoms with E-state index >= 15 is 0 Å². The van der Waals surface area contributed by atoms with Gasteiger partial charge >= 0.3 is 6.03 Å². The molecule has 82 valence electrons. The Morgan fingerprint density at radius 1 is 1.50 bits per heavy atom. The van der Waals surface area contributed by atoms with Crippen molar-refractivity contribution in [3.63, 3.8) is 0 Å². The van der Waals surface area contributed by atoms with E-state index in [2.05, 4.69) is 10.6 Å². The maximum atomic E-state index is 11.5. The molecule has 1 rings (SSSR count). The van der Waals surface area contributed by atoms with Crippen molar-refractivity contribution in [1.29, 1.82) is 0 Å². The molecule has 0 saturated carbocycles. The molecule has 0 aromatic carbocycles. The highest BCUT2D eigenvalue weighted by molar-refractivity contribution is 5.74. The van der Waals surface area contributed by atoms with Crippen LogP contribution in [0.2, 0.25) is 0 Å². The second-order valence-corrected chi connectivity index (χ2v) is 3.84. The van der Waals surface area contributed by atoms with Crippen LogP contribution in [-0.2, 0) is 0 Å². The minimum absolute atomic E-state index is 0.0550. The van der Waals surface area contributed by atoms with E-state index in [0.29, 0.717) is 6.04 Å². The zero-order valence-corrected chi connectivity index (χ0v) is 9.18. The van der Waals surface area contributed by atoms with Gasteiger partial charge in [0.05, 0.1) is 0 Å². The third kappa shape index (κ3) is 3.54. The topological polar surface area (TPSA) is 44.4 Å². The Kier molecular flexibility index (Phi) is 4.73. The Morgan fingerprint density at radius 2 is 2.29 bits per heavy atom. The molecule has 0 aliphatic carbocycles. The zero-order chi connectivity index (χ0) is 10.4. The first-order chi connectivity index (χ1) is 6.74. The lowest BCUT2D eigenvalue weighted by Gasteiger charge is -2.21. The summed E-state index contributed by atoms with van der Waals surface area (Å²) in [6.45, 7) is 4.84.